The Labute approximate surface area is 190 Å². The molecule has 1 saturated heterocycles. The van der Waals surface area contributed by atoms with Crippen LogP contribution >= 0.6 is 0 Å². The fraction of sp³-hybridized carbons (Fsp3) is 0.385. The zero-order chi connectivity index (χ0) is 22.6. The van der Waals surface area contributed by atoms with Gasteiger partial charge in [0.05, 0.1) is 7.11 Å². The van der Waals surface area contributed by atoms with Crippen LogP contribution < -0.4 is 5.32 Å². The Morgan fingerprint density at radius 2 is 1.75 bits per heavy atom. The standard InChI is InChI=1S/C26H32N2O4/c1-31-25(29)16-10-4-9-15-24-17-23(19-28(24)18-21-11-5-2-6-12-21)27-26(30)32-20-22-13-7-3-8-14-22/h2-3,5-9,11-15,23-24H,4,10,16-20H2,1H3,(H,27,30)/t23-,24-/m1/s1. The summed E-state index contributed by atoms with van der Waals surface area (Å²) in [4.78, 5) is 26.0. The van der Waals surface area contributed by atoms with Gasteiger partial charge in [0.2, 0.25) is 0 Å². The first-order valence-corrected chi connectivity index (χ1v) is 11.1. The van der Waals surface area contributed by atoms with Gasteiger partial charge in [-0.05, 0) is 30.4 Å². The van der Waals surface area contributed by atoms with Gasteiger partial charge in [-0.25, -0.2) is 4.79 Å². The molecule has 1 N–H and O–H groups in total. The molecule has 170 valence electrons. The fourth-order valence-corrected chi connectivity index (χ4v) is 3.89. The monoisotopic (exact) mass is 436 g/mol. The number of benzene rings is 2. The third-order valence-corrected chi connectivity index (χ3v) is 5.55. The van der Waals surface area contributed by atoms with Crippen LogP contribution in [0.3, 0.4) is 0 Å². The van der Waals surface area contributed by atoms with Gasteiger partial charge in [0.1, 0.15) is 6.61 Å². The van der Waals surface area contributed by atoms with E-state index in [9.17, 15) is 9.59 Å². The number of amides is 1. The summed E-state index contributed by atoms with van der Waals surface area (Å²) < 4.78 is 10.1. The van der Waals surface area contributed by atoms with E-state index < -0.39 is 0 Å². The first-order valence-electron chi connectivity index (χ1n) is 11.1. The molecule has 6 heteroatoms. The maximum Gasteiger partial charge on any atom is 0.407 e. The highest BCUT2D eigenvalue weighted by molar-refractivity contribution is 5.69. The molecule has 2 aromatic carbocycles. The molecule has 2 aromatic rings. The molecular weight excluding hydrogens is 404 g/mol. The van der Waals surface area contributed by atoms with E-state index in [0.29, 0.717) is 6.42 Å². The number of esters is 1. The number of ether oxygens (including phenoxy) is 2. The van der Waals surface area contributed by atoms with E-state index in [1.807, 2.05) is 48.5 Å². The summed E-state index contributed by atoms with van der Waals surface area (Å²) in [6.45, 7) is 1.83. The van der Waals surface area contributed by atoms with E-state index in [1.165, 1.54) is 12.7 Å². The molecule has 1 amide bonds. The van der Waals surface area contributed by atoms with E-state index in [1.54, 1.807) is 0 Å². The number of nitrogens with zero attached hydrogens (tertiary/aromatic N) is 1. The van der Waals surface area contributed by atoms with Gasteiger partial charge in [-0.3, -0.25) is 9.69 Å². The zero-order valence-electron chi connectivity index (χ0n) is 18.6. The van der Waals surface area contributed by atoms with Crippen LogP contribution in [0.1, 0.15) is 36.8 Å². The number of hydrogen-bond donors (Lipinski definition) is 1. The highest BCUT2D eigenvalue weighted by Gasteiger charge is 2.31. The van der Waals surface area contributed by atoms with E-state index in [2.05, 4.69) is 39.2 Å². The first kappa shape index (κ1) is 23.5. The number of rotatable bonds is 10. The van der Waals surface area contributed by atoms with Crippen molar-refractivity contribution in [3.05, 3.63) is 83.9 Å². The van der Waals surface area contributed by atoms with Crippen LogP contribution in [0.4, 0.5) is 4.79 Å². The van der Waals surface area contributed by atoms with Gasteiger partial charge in [-0.1, -0.05) is 72.8 Å². The van der Waals surface area contributed by atoms with Crippen molar-refractivity contribution in [3.8, 4) is 0 Å². The Bertz CT molecular complexity index is 870. The SMILES string of the molecule is COC(=O)CCCC=C[C@@H]1C[C@@H](NC(=O)OCc2ccccc2)CN1Cc1ccccc1. The molecule has 32 heavy (non-hydrogen) atoms. The first-order chi connectivity index (χ1) is 15.6. The van der Waals surface area contributed by atoms with E-state index in [4.69, 9.17) is 4.74 Å². The fourth-order valence-electron chi connectivity index (χ4n) is 3.89. The Kier molecular flexibility index (Phi) is 9.32. The quantitative estimate of drug-likeness (QED) is 0.338. The van der Waals surface area contributed by atoms with Gasteiger partial charge < -0.3 is 14.8 Å². The Balaban J connectivity index is 1.53. The lowest BCUT2D eigenvalue weighted by atomic mass is 10.1. The molecule has 1 aliphatic heterocycles. The highest BCUT2D eigenvalue weighted by atomic mass is 16.5. The Morgan fingerprint density at radius 3 is 2.44 bits per heavy atom. The van der Waals surface area contributed by atoms with Crippen LogP contribution in [0.25, 0.3) is 0 Å². The second-order valence-corrected chi connectivity index (χ2v) is 8.02. The van der Waals surface area contributed by atoms with Crippen LogP contribution in [0.5, 0.6) is 0 Å². The maximum atomic E-state index is 12.3. The van der Waals surface area contributed by atoms with Crippen molar-refractivity contribution in [2.45, 2.75) is 50.9 Å². The van der Waals surface area contributed by atoms with Gasteiger partial charge >= 0.3 is 12.1 Å². The van der Waals surface area contributed by atoms with Crippen LogP contribution in [0, 0.1) is 0 Å². The molecule has 0 unspecified atom stereocenters. The average Bonchev–Trinajstić information content (AvgIpc) is 3.19. The summed E-state index contributed by atoms with van der Waals surface area (Å²) in [5.74, 6) is -0.178. The topological polar surface area (TPSA) is 67.9 Å². The van der Waals surface area contributed by atoms with Crippen LogP contribution in [0.2, 0.25) is 0 Å². The van der Waals surface area contributed by atoms with Crippen LogP contribution in [-0.4, -0.2) is 42.7 Å². The Hall–Kier alpha value is -3.12. The largest absolute Gasteiger partial charge is 0.469 e. The summed E-state index contributed by atoms with van der Waals surface area (Å²) in [6.07, 6.45) is 6.77. The lowest BCUT2D eigenvalue weighted by Crippen LogP contribution is -2.37. The van der Waals surface area contributed by atoms with Crippen LogP contribution in [-0.2, 0) is 27.4 Å². The molecule has 6 nitrogen and oxygen atoms in total. The average molecular weight is 437 g/mol. The normalized spacial score (nSPS) is 18.5. The third kappa shape index (κ3) is 7.85. The number of nitrogens with one attached hydrogen (secondary N) is 1. The number of carbonyl (C=O) groups is 2. The minimum atomic E-state index is -0.388. The predicted octanol–water partition coefficient (Wildman–Crippen LogP) is 4.46. The second-order valence-electron chi connectivity index (χ2n) is 8.02. The molecule has 0 bridgehead atoms. The summed E-state index contributed by atoms with van der Waals surface area (Å²) in [5, 5.41) is 3.02. The molecule has 1 aliphatic rings. The summed E-state index contributed by atoms with van der Waals surface area (Å²) in [5.41, 5.74) is 2.21. The van der Waals surface area contributed by atoms with Gasteiger partial charge in [-0.15, -0.1) is 0 Å². The van der Waals surface area contributed by atoms with E-state index in [0.717, 1.165) is 37.9 Å². The second kappa shape index (κ2) is 12.7. The molecule has 0 aliphatic carbocycles. The predicted molar refractivity (Wildman–Crippen MR) is 124 cm³/mol. The molecule has 0 aromatic heterocycles. The number of unbranched alkanes of at least 4 members (excludes halogenated alkanes) is 1. The van der Waals surface area contributed by atoms with Crippen molar-refractivity contribution in [1.82, 2.24) is 10.2 Å². The molecule has 1 fully saturated rings. The van der Waals surface area contributed by atoms with E-state index >= 15 is 0 Å². The highest BCUT2D eigenvalue weighted by Crippen LogP contribution is 2.22. The van der Waals surface area contributed by atoms with Crippen molar-refractivity contribution in [2.75, 3.05) is 13.7 Å². The van der Waals surface area contributed by atoms with Crippen molar-refractivity contribution < 1.29 is 19.1 Å². The number of methoxy groups -OCH3 is 1. The molecule has 0 spiro atoms. The van der Waals surface area contributed by atoms with Crippen molar-refractivity contribution in [2.24, 2.45) is 0 Å². The number of likely N-dealkylation sites (tertiary alicyclic amines) is 1. The molecule has 1 heterocycles. The number of alkyl carbamates (subject to hydrolysis) is 1. The van der Waals surface area contributed by atoms with Crippen molar-refractivity contribution >= 4 is 12.1 Å². The summed E-state index contributed by atoms with van der Waals surface area (Å²) in [6, 6.07) is 20.2. The van der Waals surface area contributed by atoms with Gasteiger partial charge in [-0.2, -0.15) is 0 Å². The summed E-state index contributed by atoms with van der Waals surface area (Å²) in [7, 11) is 1.41. The molecule has 3 rings (SSSR count). The van der Waals surface area contributed by atoms with E-state index in [-0.39, 0.29) is 30.8 Å². The maximum absolute atomic E-state index is 12.3. The molecule has 0 saturated carbocycles. The smallest absolute Gasteiger partial charge is 0.407 e. The number of carbonyl (C=O) groups excluding carboxylic acids is 2. The van der Waals surface area contributed by atoms with Gasteiger partial charge in [0.15, 0.2) is 0 Å². The zero-order valence-corrected chi connectivity index (χ0v) is 18.6. The summed E-state index contributed by atoms with van der Waals surface area (Å²) >= 11 is 0. The molecule has 2 atom stereocenters. The van der Waals surface area contributed by atoms with Crippen molar-refractivity contribution in [1.29, 1.82) is 0 Å². The minimum Gasteiger partial charge on any atom is -0.469 e. The molecule has 0 radical (unpaired) electrons. The molecular formula is C26H32N2O4. The lowest BCUT2D eigenvalue weighted by molar-refractivity contribution is -0.140. The third-order valence-electron chi connectivity index (χ3n) is 5.55. The number of allylic oxidation sites excluding steroid dienone is 1. The van der Waals surface area contributed by atoms with Gasteiger partial charge in [0.25, 0.3) is 0 Å². The minimum absolute atomic E-state index is 0.0201. The Morgan fingerprint density at radius 1 is 1.06 bits per heavy atom. The lowest BCUT2D eigenvalue weighted by Gasteiger charge is -2.21. The van der Waals surface area contributed by atoms with Gasteiger partial charge in [0, 0.05) is 31.6 Å². The number of hydrogen-bond acceptors (Lipinski definition) is 5. The van der Waals surface area contributed by atoms with Crippen LogP contribution in [0.15, 0.2) is 72.8 Å². The van der Waals surface area contributed by atoms with Crippen molar-refractivity contribution in [3.63, 3.8) is 0 Å².